The Hall–Kier alpha value is -2.74. The Morgan fingerprint density at radius 1 is 1.20 bits per heavy atom. The molecule has 7 nitrogen and oxygen atoms in total. The monoisotopic (exact) mass is 487 g/mol. The molecule has 2 aromatic rings. The summed E-state index contributed by atoms with van der Waals surface area (Å²) in [4.78, 5) is 30.7. The Kier molecular flexibility index (Phi) is 10.7. The maximum absolute atomic E-state index is 14.0. The first-order valence-corrected chi connectivity index (χ1v) is 12.8. The number of hydrogen-bond acceptors (Lipinski definition) is 6. The molecule has 0 saturated carbocycles. The number of nitrogens with zero attached hydrogens (tertiary/aromatic N) is 2. The van der Waals surface area contributed by atoms with E-state index in [0.29, 0.717) is 31.1 Å². The van der Waals surface area contributed by atoms with Crippen LogP contribution in [0.5, 0.6) is 0 Å². The molecule has 0 bridgehead atoms. The van der Waals surface area contributed by atoms with Gasteiger partial charge < -0.3 is 14.5 Å². The molecule has 0 spiro atoms. The first-order valence-electron chi connectivity index (χ1n) is 12.8. The van der Waals surface area contributed by atoms with Gasteiger partial charge in [-0.3, -0.25) is 14.5 Å². The van der Waals surface area contributed by atoms with E-state index < -0.39 is 0 Å². The average molecular weight is 488 g/mol. The van der Waals surface area contributed by atoms with Crippen LogP contribution in [-0.4, -0.2) is 42.0 Å². The van der Waals surface area contributed by atoms with Gasteiger partial charge >= 0.3 is 5.97 Å². The molecule has 2 heterocycles. The number of methoxy groups -OCH3 is 1. The zero-order valence-electron chi connectivity index (χ0n) is 21.0. The van der Waals surface area contributed by atoms with E-state index in [0.717, 1.165) is 43.4 Å². The standard InChI is InChI=1S/C27H38FN3O4/c1-3-4-5-6-7-8-15-29-26(33)23-19-35-27(30-23)24-10-9-16-31(24)18-21-17-22(28)13-11-20(21)12-14-25(32)34-2/h11,13,17,19,24H,3-10,12,14-16,18H2,1-2H3,(H,29,33)/t24-/m1/s1. The van der Waals surface area contributed by atoms with Crippen LogP contribution in [0.4, 0.5) is 4.39 Å². The fourth-order valence-electron chi connectivity index (χ4n) is 4.58. The zero-order chi connectivity index (χ0) is 25.0. The SMILES string of the molecule is CCCCCCCCNC(=O)c1coc([C@H]2CCCN2Cc2cc(F)ccc2CCC(=O)OC)n1. The van der Waals surface area contributed by atoms with Gasteiger partial charge in [-0.25, -0.2) is 9.37 Å². The fourth-order valence-corrected chi connectivity index (χ4v) is 4.58. The lowest BCUT2D eigenvalue weighted by atomic mass is 10.0. The number of halogens is 1. The van der Waals surface area contributed by atoms with Gasteiger partial charge in [0.1, 0.15) is 12.1 Å². The number of unbranched alkanes of at least 4 members (excludes halogenated alkanes) is 5. The highest BCUT2D eigenvalue weighted by atomic mass is 19.1. The number of likely N-dealkylation sites (tertiary alicyclic amines) is 1. The number of amides is 1. The second kappa shape index (κ2) is 14.0. The van der Waals surface area contributed by atoms with Gasteiger partial charge in [0, 0.05) is 19.5 Å². The molecule has 0 aliphatic carbocycles. The van der Waals surface area contributed by atoms with E-state index >= 15 is 0 Å². The van der Waals surface area contributed by atoms with Gasteiger partial charge in [-0.2, -0.15) is 0 Å². The normalized spacial score (nSPS) is 15.9. The molecule has 1 aliphatic heterocycles. The fraction of sp³-hybridized carbons (Fsp3) is 0.593. The summed E-state index contributed by atoms with van der Waals surface area (Å²) in [5.41, 5.74) is 2.05. The summed E-state index contributed by atoms with van der Waals surface area (Å²) in [6.45, 7) is 4.17. The van der Waals surface area contributed by atoms with E-state index in [9.17, 15) is 14.0 Å². The second-order valence-corrected chi connectivity index (χ2v) is 9.21. The van der Waals surface area contributed by atoms with E-state index in [1.165, 1.54) is 51.2 Å². The molecule has 1 aromatic carbocycles. The summed E-state index contributed by atoms with van der Waals surface area (Å²) in [6, 6.07) is 4.60. The van der Waals surface area contributed by atoms with Gasteiger partial charge in [-0.15, -0.1) is 0 Å². The van der Waals surface area contributed by atoms with Crippen molar-refractivity contribution in [2.45, 2.75) is 83.7 Å². The largest absolute Gasteiger partial charge is 0.469 e. The quantitative estimate of drug-likeness (QED) is 0.286. The maximum atomic E-state index is 14.0. The number of nitrogens with one attached hydrogen (secondary N) is 1. The van der Waals surface area contributed by atoms with Crippen molar-refractivity contribution in [3.63, 3.8) is 0 Å². The lowest BCUT2D eigenvalue weighted by molar-refractivity contribution is -0.140. The van der Waals surface area contributed by atoms with Gasteiger partial charge in [0.2, 0.25) is 5.89 Å². The summed E-state index contributed by atoms with van der Waals surface area (Å²) in [5.74, 6) is -0.299. The van der Waals surface area contributed by atoms with Gasteiger partial charge in [0.05, 0.1) is 13.2 Å². The highest BCUT2D eigenvalue weighted by molar-refractivity contribution is 5.91. The molecule has 1 amide bonds. The summed E-state index contributed by atoms with van der Waals surface area (Å²) >= 11 is 0. The smallest absolute Gasteiger partial charge is 0.305 e. The number of carbonyl (C=O) groups excluding carboxylic acids is 2. The molecule has 3 rings (SSSR count). The Morgan fingerprint density at radius 3 is 2.80 bits per heavy atom. The summed E-state index contributed by atoms with van der Waals surface area (Å²) in [7, 11) is 1.36. The number of rotatable bonds is 14. The number of aromatic nitrogens is 1. The molecule has 35 heavy (non-hydrogen) atoms. The van der Waals surface area contributed by atoms with E-state index in [1.807, 2.05) is 0 Å². The highest BCUT2D eigenvalue weighted by Gasteiger charge is 2.31. The summed E-state index contributed by atoms with van der Waals surface area (Å²) < 4.78 is 24.5. The average Bonchev–Trinajstić information content (AvgIpc) is 3.52. The molecule has 192 valence electrons. The van der Waals surface area contributed by atoms with Crippen LogP contribution in [0.2, 0.25) is 0 Å². The van der Waals surface area contributed by atoms with Crippen molar-refractivity contribution < 1.29 is 23.1 Å². The first-order chi connectivity index (χ1) is 17.0. The van der Waals surface area contributed by atoms with Crippen molar-refractivity contribution in [3.05, 3.63) is 53.0 Å². The number of aryl methyl sites for hydroxylation is 1. The predicted molar refractivity (Wildman–Crippen MR) is 131 cm³/mol. The molecule has 1 aliphatic rings. The van der Waals surface area contributed by atoms with Crippen LogP contribution >= 0.6 is 0 Å². The molecule has 1 N–H and O–H groups in total. The van der Waals surface area contributed by atoms with Crippen molar-refractivity contribution in [2.75, 3.05) is 20.2 Å². The van der Waals surface area contributed by atoms with Crippen molar-refractivity contribution in [1.29, 1.82) is 0 Å². The van der Waals surface area contributed by atoms with Crippen LogP contribution in [0.3, 0.4) is 0 Å². The molecule has 0 radical (unpaired) electrons. The number of ether oxygens (including phenoxy) is 1. The molecule has 1 fully saturated rings. The third-order valence-electron chi connectivity index (χ3n) is 6.59. The number of esters is 1. The van der Waals surface area contributed by atoms with Crippen molar-refractivity contribution in [1.82, 2.24) is 15.2 Å². The van der Waals surface area contributed by atoms with E-state index in [4.69, 9.17) is 9.15 Å². The lowest BCUT2D eigenvalue weighted by Gasteiger charge is -2.23. The number of oxazole rings is 1. The van der Waals surface area contributed by atoms with E-state index in [2.05, 4.69) is 22.1 Å². The molecule has 1 saturated heterocycles. The van der Waals surface area contributed by atoms with Crippen LogP contribution in [0, 0.1) is 5.82 Å². The first kappa shape index (κ1) is 26.9. The molecule has 0 unspecified atom stereocenters. The van der Waals surface area contributed by atoms with Crippen LogP contribution < -0.4 is 5.32 Å². The Bertz CT molecular complexity index is 962. The maximum Gasteiger partial charge on any atom is 0.305 e. The second-order valence-electron chi connectivity index (χ2n) is 9.21. The molecular formula is C27H38FN3O4. The van der Waals surface area contributed by atoms with Gasteiger partial charge in [0.15, 0.2) is 5.69 Å². The van der Waals surface area contributed by atoms with Gasteiger partial charge in [0.25, 0.3) is 5.91 Å². The minimum atomic E-state index is -0.307. The molecule has 8 heteroatoms. The van der Waals surface area contributed by atoms with Crippen molar-refractivity contribution in [2.24, 2.45) is 0 Å². The zero-order valence-corrected chi connectivity index (χ0v) is 21.0. The third-order valence-corrected chi connectivity index (χ3v) is 6.59. The van der Waals surface area contributed by atoms with Gasteiger partial charge in [-0.1, -0.05) is 45.1 Å². The Balaban J connectivity index is 1.56. The minimum absolute atomic E-state index is 0.0770. The van der Waals surface area contributed by atoms with Gasteiger partial charge in [-0.05, 0) is 55.5 Å². The predicted octanol–water partition coefficient (Wildman–Crippen LogP) is 5.35. The summed E-state index contributed by atoms with van der Waals surface area (Å²) in [6.07, 6.45) is 11.0. The topological polar surface area (TPSA) is 84.7 Å². The highest BCUT2D eigenvalue weighted by Crippen LogP contribution is 2.33. The van der Waals surface area contributed by atoms with Crippen LogP contribution in [0.15, 0.2) is 28.9 Å². The number of benzene rings is 1. The number of hydrogen-bond donors (Lipinski definition) is 1. The lowest BCUT2D eigenvalue weighted by Crippen LogP contribution is -2.26. The summed E-state index contributed by atoms with van der Waals surface area (Å²) in [5, 5.41) is 2.93. The van der Waals surface area contributed by atoms with Crippen LogP contribution in [-0.2, 0) is 22.5 Å². The molecule has 1 aromatic heterocycles. The third kappa shape index (κ3) is 8.16. The minimum Gasteiger partial charge on any atom is -0.469 e. The van der Waals surface area contributed by atoms with Crippen LogP contribution in [0.25, 0.3) is 0 Å². The Morgan fingerprint density at radius 2 is 2.00 bits per heavy atom. The van der Waals surface area contributed by atoms with Crippen molar-refractivity contribution in [3.8, 4) is 0 Å². The van der Waals surface area contributed by atoms with E-state index in [-0.39, 0.29) is 30.2 Å². The van der Waals surface area contributed by atoms with E-state index in [1.54, 1.807) is 6.07 Å². The number of carbonyl (C=O) groups is 2. The Labute approximate surface area is 207 Å². The molecule has 1 atom stereocenters. The van der Waals surface area contributed by atoms with Crippen molar-refractivity contribution >= 4 is 11.9 Å². The van der Waals surface area contributed by atoms with Crippen LogP contribution in [0.1, 0.15) is 98.3 Å². The molecular weight excluding hydrogens is 449 g/mol.